The Kier molecular flexibility index (Phi) is 6.51. The maximum atomic E-state index is 8.81. The summed E-state index contributed by atoms with van der Waals surface area (Å²) < 4.78 is 0. The van der Waals surface area contributed by atoms with Gasteiger partial charge >= 0.3 is 0 Å². The minimum Gasteiger partial charge on any atom is -0.396 e. The minimum atomic E-state index is 0.258. The standard InChI is InChI=1S/C11H21NO/c1-5-11(8-10(3)12-4)9(2)6-7-13/h5,9,11,13H,1,6-8H2,2-4H3. The van der Waals surface area contributed by atoms with Crippen LogP contribution in [0, 0.1) is 11.8 Å². The van der Waals surface area contributed by atoms with Crippen molar-refractivity contribution in [3.05, 3.63) is 12.7 Å². The Balaban J connectivity index is 4.09. The Bertz CT molecular complexity index is 175. The van der Waals surface area contributed by atoms with Gasteiger partial charge in [0.1, 0.15) is 0 Å². The fraction of sp³-hybridized carbons (Fsp3) is 0.727. The minimum absolute atomic E-state index is 0.258. The molecule has 0 saturated carbocycles. The van der Waals surface area contributed by atoms with Crippen molar-refractivity contribution in [3.8, 4) is 0 Å². The van der Waals surface area contributed by atoms with Crippen LogP contribution in [0.1, 0.15) is 26.7 Å². The number of aliphatic hydroxyl groups is 1. The van der Waals surface area contributed by atoms with Gasteiger partial charge in [0.05, 0.1) is 0 Å². The summed E-state index contributed by atoms with van der Waals surface area (Å²) in [6, 6.07) is 0. The lowest BCUT2D eigenvalue weighted by atomic mass is 9.87. The molecule has 13 heavy (non-hydrogen) atoms. The summed E-state index contributed by atoms with van der Waals surface area (Å²) in [5, 5.41) is 8.81. The van der Waals surface area contributed by atoms with Crippen LogP contribution in [0.2, 0.25) is 0 Å². The molecule has 0 saturated heterocycles. The molecule has 2 nitrogen and oxygen atoms in total. The first-order valence-electron chi connectivity index (χ1n) is 4.81. The topological polar surface area (TPSA) is 32.6 Å². The fourth-order valence-electron chi connectivity index (χ4n) is 1.37. The Morgan fingerprint density at radius 3 is 2.62 bits per heavy atom. The average molecular weight is 183 g/mol. The zero-order chi connectivity index (χ0) is 10.3. The second-order valence-corrected chi connectivity index (χ2v) is 3.55. The lowest BCUT2D eigenvalue weighted by Crippen LogP contribution is -2.14. The van der Waals surface area contributed by atoms with Crippen molar-refractivity contribution in [2.45, 2.75) is 26.7 Å². The first kappa shape index (κ1) is 12.4. The Hall–Kier alpha value is -0.630. The molecule has 0 aliphatic rings. The van der Waals surface area contributed by atoms with Gasteiger partial charge in [0.2, 0.25) is 0 Å². The molecule has 0 fully saturated rings. The van der Waals surface area contributed by atoms with Gasteiger partial charge in [0, 0.05) is 19.4 Å². The Morgan fingerprint density at radius 1 is 1.62 bits per heavy atom. The van der Waals surface area contributed by atoms with Gasteiger partial charge in [-0.3, -0.25) is 4.99 Å². The lowest BCUT2D eigenvalue weighted by Gasteiger charge is -2.19. The molecule has 2 atom stereocenters. The van der Waals surface area contributed by atoms with Gasteiger partial charge in [-0.1, -0.05) is 13.0 Å². The smallest absolute Gasteiger partial charge is 0.0433 e. The molecule has 76 valence electrons. The highest BCUT2D eigenvalue weighted by molar-refractivity contribution is 5.82. The van der Waals surface area contributed by atoms with E-state index in [9.17, 15) is 0 Å². The first-order valence-corrected chi connectivity index (χ1v) is 4.81. The van der Waals surface area contributed by atoms with E-state index in [1.165, 1.54) is 0 Å². The van der Waals surface area contributed by atoms with Crippen LogP contribution in [0.15, 0.2) is 17.6 Å². The third-order valence-corrected chi connectivity index (χ3v) is 2.53. The van der Waals surface area contributed by atoms with Crippen LogP contribution in [-0.2, 0) is 0 Å². The van der Waals surface area contributed by atoms with Crippen molar-refractivity contribution in [1.29, 1.82) is 0 Å². The number of hydrogen-bond acceptors (Lipinski definition) is 2. The SMILES string of the molecule is C=CC(CC(C)=NC)C(C)CCO. The zero-order valence-electron chi connectivity index (χ0n) is 8.95. The van der Waals surface area contributed by atoms with Gasteiger partial charge in [-0.25, -0.2) is 0 Å². The third kappa shape index (κ3) is 4.83. The molecule has 0 aliphatic carbocycles. The summed E-state index contributed by atoms with van der Waals surface area (Å²) in [6.07, 6.45) is 3.77. The molecule has 2 unspecified atom stereocenters. The van der Waals surface area contributed by atoms with Crippen molar-refractivity contribution >= 4 is 5.71 Å². The predicted molar refractivity (Wildman–Crippen MR) is 58.2 cm³/mol. The van der Waals surface area contributed by atoms with E-state index >= 15 is 0 Å². The first-order chi connectivity index (χ1) is 6.15. The molecule has 0 aromatic heterocycles. The molecule has 0 rings (SSSR count). The van der Waals surface area contributed by atoms with Gasteiger partial charge < -0.3 is 5.11 Å². The van der Waals surface area contributed by atoms with Crippen LogP contribution < -0.4 is 0 Å². The predicted octanol–water partition coefficient (Wildman–Crippen LogP) is 2.29. The second-order valence-electron chi connectivity index (χ2n) is 3.55. The zero-order valence-corrected chi connectivity index (χ0v) is 8.95. The van der Waals surface area contributed by atoms with Gasteiger partial charge in [0.25, 0.3) is 0 Å². The molecule has 0 amide bonds. The van der Waals surface area contributed by atoms with Crippen molar-refractivity contribution in [2.24, 2.45) is 16.8 Å². The van der Waals surface area contributed by atoms with Crippen LogP contribution >= 0.6 is 0 Å². The lowest BCUT2D eigenvalue weighted by molar-refractivity contribution is 0.245. The second kappa shape index (κ2) is 6.84. The molecule has 0 aromatic rings. The van der Waals surface area contributed by atoms with Crippen molar-refractivity contribution in [2.75, 3.05) is 13.7 Å². The van der Waals surface area contributed by atoms with E-state index in [0.29, 0.717) is 11.8 Å². The Labute approximate surface area is 81.4 Å². The number of rotatable bonds is 6. The number of nitrogens with zero attached hydrogens (tertiary/aromatic N) is 1. The molecule has 0 spiro atoms. The van der Waals surface area contributed by atoms with Gasteiger partial charge in [-0.15, -0.1) is 6.58 Å². The highest BCUT2D eigenvalue weighted by atomic mass is 16.3. The molecule has 2 heteroatoms. The molecule has 0 heterocycles. The number of hydrogen-bond donors (Lipinski definition) is 1. The van der Waals surface area contributed by atoms with E-state index in [4.69, 9.17) is 5.11 Å². The normalized spacial score (nSPS) is 16.8. The number of aliphatic imine (C=N–C) groups is 1. The number of aliphatic hydroxyl groups excluding tert-OH is 1. The van der Waals surface area contributed by atoms with Gasteiger partial charge in [-0.2, -0.15) is 0 Å². The van der Waals surface area contributed by atoms with Crippen molar-refractivity contribution in [1.82, 2.24) is 0 Å². The van der Waals surface area contributed by atoms with E-state index in [1.54, 1.807) is 0 Å². The van der Waals surface area contributed by atoms with E-state index in [-0.39, 0.29) is 6.61 Å². The molecule has 0 bridgehead atoms. The quantitative estimate of drug-likeness (QED) is 0.497. The van der Waals surface area contributed by atoms with Crippen LogP contribution in [0.3, 0.4) is 0 Å². The number of allylic oxidation sites excluding steroid dienone is 1. The molecular weight excluding hydrogens is 162 g/mol. The van der Waals surface area contributed by atoms with E-state index in [1.807, 2.05) is 20.0 Å². The van der Waals surface area contributed by atoms with E-state index < -0.39 is 0 Å². The van der Waals surface area contributed by atoms with E-state index in [2.05, 4.69) is 18.5 Å². The maximum Gasteiger partial charge on any atom is 0.0433 e. The summed E-state index contributed by atoms with van der Waals surface area (Å²) in [4.78, 5) is 4.13. The summed E-state index contributed by atoms with van der Waals surface area (Å²) in [5.74, 6) is 0.926. The summed E-state index contributed by atoms with van der Waals surface area (Å²) in [7, 11) is 1.81. The highest BCUT2D eigenvalue weighted by Crippen LogP contribution is 2.20. The largest absolute Gasteiger partial charge is 0.396 e. The van der Waals surface area contributed by atoms with Crippen LogP contribution in [0.4, 0.5) is 0 Å². The van der Waals surface area contributed by atoms with Crippen LogP contribution in [0.25, 0.3) is 0 Å². The Morgan fingerprint density at radius 2 is 2.23 bits per heavy atom. The van der Waals surface area contributed by atoms with Gasteiger partial charge in [-0.05, 0) is 31.6 Å². The van der Waals surface area contributed by atoms with Gasteiger partial charge in [0.15, 0.2) is 0 Å². The summed E-state index contributed by atoms with van der Waals surface area (Å²) >= 11 is 0. The van der Waals surface area contributed by atoms with Crippen LogP contribution in [0.5, 0.6) is 0 Å². The molecule has 0 aromatic carbocycles. The molecule has 1 N–H and O–H groups in total. The molecule has 0 aliphatic heterocycles. The van der Waals surface area contributed by atoms with Crippen LogP contribution in [-0.4, -0.2) is 24.5 Å². The van der Waals surface area contributed by atoms with Crippen molar-refractivity contribution < 1.29 is 5.11 Å². The molecular formula is C11H21NO. The molecule has 0 radical (unpaired) electrons. The summed E-state index contributed by atoms with van der Waals surface area (Å²) in [6.45, 7) is 8.25. The maximum absolute atomic E-state index is 8.81. The summed E-state index contributed by atoms with van der Waals surface area (Å²) in [5.41, 5.74) is 1.15. The third-order valence-electron chi connectivity index (χ3n) is 2.53. The fourth-order valence-corrected chi connectivity index (χ4v) is 1.37. The average Bonchev–Trinajstić information content (AvgIpc) is 2.14. The van der Waals surface area contributed by atoms with E-state index in [0.717, 1.165) is 18.6 Å². The highest BCUT2D eigenvalue weighted by Gasteiger charge is 2.13. The monoisotopic (exact) mass is 183 g/mol. The van der Waals surface area contributed by atoms with Crippen molar-refractivity contribution in [3.63, 3.8) is 0 Å².